The van der Waals surface area contributed by atoms with E-state index >= 15 is 0 Å². The van der Waals surface area contributed by atoms with Crippen molar-refractivity contribution in [1.82, 2.24) is 9.71 Å². The molecule has 4 N–H and O–H groups in total. The summed E-state index contributed by atoms with van der Waals surface area (Å²) < 4.78 is 1.32. The zero-order chi connectivity index (χ0) is 9.97. The fourth-order valence-electron chi connectivity index (χ4n) is 1.06. The van der Waals surface area contributed by atoms with E-state index in [-0.39, 0.29) is 5.95 Å². The molecular formula is C9H10N4O. The van der Waals surface area contributed by atoms with Crippen LogP contribution in [0, 0.1) is 0 Å². The molecule has 1 aromatic heterocycles. The zero-order valence-electron chi connectivity index (χ0n) is 7.42. The van der Waals surface area contributed by atoms with E-state index in [0.29, 0.717) is 11.6 Å². The van der Waals surface area contributed by atoms with Crippen molar-refractivity contribution < 1.29 is 4.84 Å². The van der Waals surface area contributed by atoms with E-state index in [2.05, 4.69) is 4.98 Å². The number of nitrogens with zero attached hydrogens (tertiary/aromatic N) is 2. The van der Waals surface area contributed by atoms with E-state index in [1.54, 1.807) is 0 Å². The molecule has 1 heterocycles. The molecule has 5 nitrogen and oxygen atoms in total. The summed E-state index contributed by atoms with van der Waals surface area (Å²) in [6.07, 6.45) is 1.52. The van der Waals surface area contributed by atoms with Gasteiger partial charge in [0.25, 0.3) is 0 Å². The molecule has 2 rings (SSSR count). The van der Waals surface area contributed by atoms with Crippen LogP contribution in [0.25, 0.3) is 0 Å². The smallest absolute Gasteiger partial charge is 0.236 e. The largest absolute Gasteiger partial charge is 0.382 e. The van der Waals surface area contributed by atoms with Crippen molar-refractivity contribution in [3.05, 3.63) is 36.5 Å². The lowest BCUT2D eigenvalue weighted by Gasteiger charge is -2.05. The predicted octanol–water partition coefficient (Wildman–Crippen LogP) is 0.890. The molecule has 0 aliphatic heterocycles. The number of imidazole rings is 1. The van der Waals surface area contributed by atoms with Crippen LogP contribution in [0.2, 0.25) is 0 Å². The minimum Gasteiger partial charge on any atom is -0.382 e. The summed E-state index contributed by atoms with van der Waals surface area (Å²) in [5.74, 6) is 1.24. The van der Waals surface area contributed by atoms with Gasteiger partial charge in [-0.05, 0) is 12.1 Å². The van der Waals surface area contributed by atoms with E-state index < -0.39 is 0 Å². The molecule has 0 amide bonds. The lowest BCUT2D eigenvalue weighted by Crippen LogP contribution is -2.07. The summed E-state index contributed by atoms with van der Waals surface area (Å²) in [7, 11) is 0. The van der Waals surface area contributed by atoms with Crippen molar-refractivity contribution in [3.8, 4) is 5.75 Å². The molecule has 2 aromatic rings. The van der Waals surface area contributed by atoms with E-state index in [1.807, 2.05) is 30.3 Å². The van der Waals surface area contributed by atoms with E-state index in [1.165, 1.54) is 10.9 Å². The number of nitrogens with two attached hydrogens (primary N) is 2. The Morgan fingerprint density at radius 3 is 2.43 bits per heavy atom. The maximum Gasteiger partial charge on any atom is 0.236 e. The summed E-state index contributed by atoms with van der Waals surface area (Å²) in [5.41, 5.74) is 11.0. The Balaban J connectivity index is 2.23. The summed E-state index contributed by atoms with van der Waals surface area (Å²) in [4.78, 5) is 9.18. The van der Waals surface area contributed by atoms with Crippen LogP contribution < -0.4 is 16.3 Å². The number of hydrogen-bond donors (Lipinski definition) is 2. The number of benzene rings is 1. The highest BCUT2D eigenvalue weighted by Crippen LogP contribution is 2.13. The predicted molar refractivity (Wildman–Crippen MR) is 53.5 cm³/mol. The van der Waals surface area contributed by atoms with Crippen LogP contribution in [0.5, 0.6) is 5.75 Å². The fourth-order valence-corrected chi connectivity index (χ4v) is 1.06. The molecular weight excluding hydrogens is 180 g/mol. The van der Waals surface area contributed by atoms with Gasteiger partial charge in [-0.3, -0.25) is 0 Å². The molecule has 0 atom stereocenters. The topological polar surface area (TPSA) is 79.1 Å². The number of rotatable bonds is 2. The second-order valence-corrected chi connectivity index (χ2v) is 2.75. The monoisotopic (exact) mass is 190 g/mol. The normalized spacial score (nSPS) is 10.0. The van der Waals surface area contributed by atoms with Gasteiger partial charge in [-0.2, -0.15) is 4.98 Å². The average Bonchev–Trinajstić information content (AvgIpc) is 2.47. The van der Waals surface area contributed by atoms with Crippen molar-refractivity contribution >= 4 is 11.8 Å². The Bertz CT molecular complexity index is 424. The van der Waals surface area contributed by atoms with Crippen molar-refractivity contribution in [2.24, 2.45) is 0 Å². The van der Waals surface area contributed by atoms with Gasteiger partial charge in [-0.15, -0.1) is 4.73 Å². The molecule has 14 heavy (non-hydrogen) atoms. The molecule has 0 unspecified atom stereocenters. The number of nitrogen functional groups attached to an aromatic ring is 2. The van der Waals surface area contributed by atoms with E-state index in [9.17, 15) is 0 Å². The van der Waals surface area contributed by atoms with Crippen molar-refractivity contribution in [2.45, 2.75) is 0 Å². The lowest BCUT2D eigenvalue weighted by molar-refractivity contribution is 0.222. The Kier molecular flexibility index (Phi) is 1.98. The molecule has 0 aliphatic rings. The van der Waals surface area contributed by atoms with E-state index in [0.717, 1.165) is 0 Å². The molecule has 5 heteroatoms. The highest BCUT2D eigenvalue weighted by Gasteiger charge is 2.02. The summed E-state index contributed by atoms with van der Waals surface area (Å²) in [6, 6.07) is 9.27. The number of para-hydroxylation sites is 1. The van der Waals surface area contributed by atoms with Crippen molar-refractivity contribution in [2.75, 3.05) is 11.5 Å². The number of hydrogen-bond acceptors (Lipinski definition) is 4. The average molecular weight is 190 g/mol. The Morgan fingerprint density at radius 1 is 1.14 bits per heavy atom. The quantitative estimate of drug-likeness (QED) is 0.737. The lowest BCUT2D eigenvalue weighted by atomic mass is 10.3. The van der Waals surface area contributed by atoms with Crippen LogP contribution in [0.1, 0.15) is 0 Å². The summed E-state index contributed by atoms with van der Waals surface area (Å²) in [6.45, 7) is 0. The molecule has 0 fully saturated rings. The van der Waals surface area contributed by atoms with Gasteiger partial charge in [0, 0.05) is 0 Å². The number of aromatic nitrogens is 2. The summed E-state index contributed by atoms with van der Waals surface area (Å²) in [5, 5.41) is 0. The minimum absolute atomic E-state index is 0.228. The van der Waals surface area contributed by atoms with Crippen LogP contribution in [-0.4, -0.2) is 9.71 Å². The van der Waals surface area contributed by atoms with Crippen LogP contribution in [0.3, 0.4) is 0 Å². The Morgan fingerprint density at radius 2 is 1.86 bits per heavy atom. The maximum absolute atomic E-state index is 5.54. The van der Waals surface area contributed by atoms with Gasteiger partial charge in [-0.25, -0.2) is 0 Å². The minimum atomic E-state index is 0.228. The molecule has 0 radical (unpaired) electrons. The maximum atomic E-state index is 5.54. The van der Waals surface area contributed by atoms with E-state index in [4.69, 9.17) is 16.3 Å². The van der Waals surface area contributed by atoms with Crippen molar-refractivity contribution in [3.63, 3.8) is 0 Å². The van der Waals surface area contributed by atoms with Crippen LogP contribution in [-0.2, 0) is 0 Å². The molecule has 72 valence electrons. The van der Waals surface area contributed by atoms with Gasteiger partial charge in [0.2, 0.25) is 5.95 Å². The van der Waals surface area contributed by atoms with Gasteiger partial charge < -0.3 is 16.3 Å². The first kappa shape index (κ1) is 8.43. The third-order valence-corrected chi connectivity index (χ3v) is 1.67. The SMILES string of the molecule is Nc1cn(Oc2ccccc2)c(N)n1. The Hall–Kier alpha value is -2.17. The molecule has 0 spiro atoms. The summed E-state index contributed by atoms with van der Waals surface area (Å²) >= 11 is 0. The highest BCUT2D eigenvalue weighted by atomic mass is 16.7. The fraction of sp³-hybridized carbons (Fsp3) is 0. The van der Waals surface area contributed by atoms with Crippen LogP contribution >= 0.6 is 0 Å². The molecule has 0 aliphatic carbocycles. The molecule has 0 saturated carbocycles. The van der Waals surface area contributed by atoms with Gasteiger partial charge >= 0.3 is 0 Å². The van der Waals surface area contributed by atoms with Gasteiger partial charge in [0.05, 0.1) is 6.20 Å². The van der Waals surface area contributed by atoms with Gasteiger partial charge in [-0.1, -0.05) is 18.2 Å². The first-order valence-electron chi connectivity index (χ1n) is 4.09. The van der Waals surface area contributed by atoms with Crippen LogP contribution in [0.4, 0.5) is 11.8 Å². The molecule has 1 aromatic carbocycles. The standard InChI is InChI=1S/C9H10N4O/c10-8-6-13(9(11)12-8)14-7-4-2-1-3-5-7/h1-6H,10H2,(H2,11,12). The highest BCUT2D eigenvalue weighted by molar-refractivity contribution is 5.35. The zero-order valence-corrected chi connectivity index (χ0v) is 7.42. The second kappa shape index (κ2) is 3.29. The third-order valence-electron chi connectivity index (χ3n) is 1.67. The van der Waals surface area contributed by atoms with Crippen molar-refractivity contribution in [1.29, 1.82) is 0 Å². The third kappa shape index (κ3) is 1.61. The molecule has 0 bridgehead atoms. The van der Waals surface area contributed by atoms with Gasteiger partial charge in [0.15, 0.2) is 5.75 Å². The number of anilines is 2. The van der Waals surface area contributed by atoms with Gasteiger partial charge in [0.1, 0.15) is 5.82 Å². The Labute approximate surface area is 80.9 Å². The van der Waals surface area contributed by atoms with Crippen LogP contribution in [0.15, 0.2) is 36.5 Å². The molecule has 0 saturated heterocycles. The first-order valence-corrected chi connectivity index (χ1v) is 4.09. The first-order chi connectivity index (χ1) is 6.75. The second-order valence-electron chi connectivity index (χ2n) is 2.75.